The molecule has 2 aliphatic carbocycles. The number of rotatable bonds is 2. The van der Waals surface area contributed by atoms with Gasteiger partial charge in [-0.05, 0) is 37.0 Å². The molecule has 70 valence electrons. The summed E-state index contributed by atoms with van der Waals surface area (Å²) < 4.78 is 5.44. The van der Waals surface area contributed by atoms with Crippen LogP contribution in [0.25, 0.3) is 0 Å². The number of halogens is 1. The van der Waals surface area contributed by atoms with Gasteiger partial charge in [0, 0.05) is 12.4 Å². The molecule has 0 amide bonds. The summed E-state index contributed by atoms with van der Waals surface area (Å²) in [6.07, 6.45) is 7.43. The Bertz CT molecular complexity index is 171. The third kappa shape index (κ3) is 1.44. The Morgan fingerprint density at radius 3 is 2.92 bits per heavy atom. The Morgan fingerprint density at radius 2 is 2.33 bits per heavy atom. The molecule has 3 unspecified atom stereocenters. The lowest BCUT2D eigenvalue weighted by Gasteiger charge is -2.29. The van der Waals surface area contributed by atoms with Crippen LogP contribution in [0, 0.1) is 11.3 Å². The van der Waals surface area contributed by atoms with Crippen molar-refractivity contribution in [3.8, 4) is 0 Å². The van der Waals surface area contributed by atoms with Crippen LogP contribution in [0.4, 0.5) is 0 Å². The summed E-state index contributed by atoms with van der Waals surface area (Å²) in [7, 11) is 1.86. The highest BCUT2D eigenvalue weighted by atomic mass is 79.9. The van der Waals surface area contributed by atoms with Gasteiger partial charge in [-0.3, -0.25) is 0 Å². The Morgan fingerprint density at radius 1 is 1.50 bits per heavy atom. The number of alkyl halides is 1. The maximum absolute atomic E-state index is 5.44. The molecule has 3 atom stereocenters. The van der Waals surface area contributed by atoms with Crippen molar-refractivity contribution in [2.45, 2.75) is 38.2 Å². The summed E-state index contributed by atoms with van der Waals surface area (Å²) in [5, 5.41) is 1.20. The van der Waals surface area contributed by atoms with Crippen LogP contribution in [0.2, 0.25) is 0 Å². The second kappa shape index (κ2) is 3.30. The Balaban J connectivity index is 1.92. The minimum absolute atomic E-state index is 0.558. The van der Waals surface area contributed by atoms with E-state index in [2.05, 4.69) is 15.9 Å². The van der Waals surface area contributed by atoms with Crippen molar-refractivity contribution in [1.82, 2.24) is 0 Å². The summed E-state index contributed by atoms with van der Waals surface area (Å²) in [5.74, 6) is 0.954. The molecule has 2 rings (SSSR count). The van der Waals surface area contributed by atoms with E-state index in [0.717, 1.165) is 5.92 Å². The van der Waals surface area contributed by atoms with Gasteiger partial charge in [0.05, 0.1) is 6.10 Å². The summed E-state index contributed by atoms with van der Waals surface area (Å²) in [4.78, 5) is 0. The van der Waals surface area contributed by atoms with Crippen LogP contribution in [0.5, 0.6) is 0 Å². The molecular formula is C10H17BrO. The first-order valence-corrected chi connectivity index (χ1v) is 6.02. The molecule has 0 aromatic carbocycles. The Hall–Kier alpha value is 0.440. The van der Waals surface area contributed by atoms with Crippen LogP contribution in [0.15, 0.2) is 0 Å². The minimum Gasteiger partial charge on any atom is -0.381 e. The summed E-state index contributed by atoms with van der Waals surface area (Å²) in [6, 6.07) is 0. The lowest BCUT2D eigenvalue weighted by molar-refractivity contribution is 0.0413. The van der Waals surface area contributed by atoms with E-state index in [9.17, 15) is 0 Å². The van der Waals surface area contributed by atoms with E-state index in [1.54, 1.807) is 0 Å². The van der Waals surface area contributed by atoms with Gasteiger partial charge in [0.25, 0.3) is 0 Å². The van der Waals surface area contributed by atoms with Crippen LogP contribution in [0.1, 0.15) is 32.1 Å². The van der Waals surface area contributed by atoms with Crippen LogP contribution in [-0.2, 0) is 4.74 Å². The second-order valence-corrected chi connectivity index (χ2v) is 5.02. The molecule has 1 spiro atoms. The molecule has 0 aliphatic heterocycles. The second-order valence-electron chi connectivity index (χ2n) is 4.37. The predicted octanol–water partition coefficient (Wildman–Crippen LogP) is 2.98. The van der Waals surface area contributed by atoms with E-state index in [4.69, 9.17) is 4.74 Å². The van der Waals surface area contributed by atoms with E-state index >= 15 is 0 Å². The van der Waals surface area contributed by atoms with Crippen LogP contribution in [-0.4, -0.2) is 18.5 Å². The average molecular weight is 233 g/mol. The van der Waals surface area contributed by atoms with Crippen molar-refractivity contribution in [2.24, 2.45) is 11.3 Å². The monoisotopic (exact) mass is 232 g/mol. The topological polar surface area (TPSA) is 9.23 Å². The van der Waals surface area contributed by atoms with E-state index in [1.807, 2.05) is 7.11 Å². The Labute approximate surface area is 83.0 Å². The van der Waals surface area contributed by atoms with Crippen molar-refractivity contribution < 1.29 is 4.74 Å². The van der Waals surface area contributed by atoms with Crippen LogP contribution in [0.3, 0.4) is 0 Å². The quantitative estimate of drug-likeness (QED) is 0.666. The molecule has 0 saturated heterocycles. The van der Waals surface area contributed by atoms with Gasteiger partial charge >= 0.3 is 0 Å². The highest BCUT2D eigenvalue weighted by Crippen LogP contribution is 2.62. The number of hydrogen-bond acceptors (Lipinski definition) is 1. The van der Waals surface area contributed by atoms with Gasteiger partial charge < -0.3 is 4.74 Å². The first-order valence-electron chi connectivity index (χ1n) is 4.89. The van der Waals surface area contributed by atoms with Gasteiger partial charge in [0.1, 0.15) is 0 Å². The molecule has 0 N–H and O–H groups in total. The van der Waals surface area contributed by atoms with Gasteiger partial charge in [0.15, 0.2) is 0 Å². The standard InChI is InChI=1S/C10H17BrO/c1-12-9-3-2-4-10(6-9)5-8(10)7-11/h8-9H,2-7H2,1H3. The molecule has 1 nitrogen and oxygen atoms in total. The third-order valence-corrected chi connectivity index (χ3v) is 4.49. The van der Waals surface area contributed by atoms with E-state index in [-0.39, 0.29) is 0 Å². The molecule has 2 aliphatic rings. The van der Waals surface area contributed by atoms with E-state index < -0.39 is 0 Å². The molecule has 0 aromatic rings. The highest BCUT2D eigenvalue weighted by molar-refractivity contribution is 9.09. The lowest BCUT2D eigenvalue weighted by atomic mass is 9.83. The highest BCUT2D eigenvalue weighted by Gasteiger charge is 2.54. The zero-order valence-electron chi connectivity index (χ0n) is 7.68. The van der Waals surface area contributed by atoms with Gasteiger partial charge in [-0.15, -0.1) is 0 Å². The third-order valence-electron chi connectivity index (χ3n) is 3.71. The van der Waals surface area contributed by atoms with Crippen molar-refractivity contribution in [3.63, 3.8) is 0 Å². The molecule has 0 radical (unpaired) electrons. The average Bonchev–Trinajstić information content (AvgIpc) is 2.78. The van der Waals surface area contributed by atoms with Crippen LogP contribution >= 0.6 is 15.9 Å². The van der Waals surface area contributed by atoms with E-state index in [0.29, 0.717) is 11.5 Å². The maximum Gasteiger partial charge on any atom is 0.0576 e. The van der Waals surface area contributed by atoms with Crippen molar-refractivity contribution in [2.75, 3.05) is 12.4 Å². The predicted molar refractivity (Wildman–Crippen MR) is 53.6 cm³/mol. The fourth-order valence-electron chi connectivity index (χ4n) is 2.75. The SMILES string of the molecule is COC1CCCC2(C1)CC2CBr. The van der Waals surface area contributed by atoms with Gasteiger partial charge in [-0.2, -0.15) is 0 Å². The first kappa shape index (κ1) is 9.01. The number of ether oxygens (including phenoxy) is 1. The summed E-state index contributed by atoms with van der Waals surface area (Å²) in [5.41, 5.74) is 0.697. The number of methoxy groups -OCH3 is 1. The summed E-state index contributed by atoms with van der Waals surface area (Å²) >= 11 is 3.59. The van der Waals surface area contributed by atoms with Gasteiger partial charge in [0.2, 0.25) is 0 Å². The zero-order valence-corrected chi connectivity index (χ0v) is 9.27. The Kier molecular flexibility index (Phi) is 2.48. The molecule has 2 fully saturated rings. The minimum atomic E-state index is 0.558. The number of hydrogen-bond donors (Lipinski definition) is 0. The van der Waals surface area contributed by atoms with Crippen molar-refractivity contribution >= 4 is 15.9 Å². The van der Waals surface area contributed by atoms with Gasteiger partial charge in [-0.1, -0.05) is 22.4 Å². The fraction of sp³-hybridized carbons (Fsp3) is 1.00. The largest absolute Gasteiger partial charge is 0.381 e. The lowest BCUT2D eigenvalue weighted by Crippen LogP contribution is -2.24. The van der Waals surface area contributed by atoms with Crippen LogP contribution < -0.4 is 0 Å². The fourth-order valence-corrected chi connectivity index (χ4v) is 3.66. The summed E-state index contributed by atoms with van der Waals surface area (Å²) in [6.45, 7) is 0. The van der Waals surface area contributed by atoms with Crippen molar-refractivity contribution in [3.05, 3.63) is 0 Å². The zero-order chi connectivity index (χ0) is 8.60. The molecule has 0 heterocycles. The molecule has 0 aromatic heterocycles. The molecule has 12 heavy (non-hydrogen) atoms. The normalized spacial score (nSPS) is 46.5. The first-order chi connectivity index (χ1) is 5.80. The smallest absolute Gasteiger partial charge is 0.0576 e. The van der Waals surface area contributed by atoms with Gasteiger partial charge in [-0.25, -0.2) is 0 Å². The van der Waals surface area contributed by atoms with Crippen molar-refractivity contribution in [1.29, 1.82) is 0 Å². The molecular weight excluding hydrogens is 216 g/mol. The van der Waals surface area contributed by atoms with E-state index in [1.165, 1.54) is 37.4 Å². The molecule has 2 saturated carbocycles. The molecule has 2 heteroatoms. The maximum atomic E-state index is 5.44. The molecule has 0 bridgehead atoms.